The first-order valence-electron chi connectivity index (χ1n) is 9.30. The van der Waals surface area contributed by atoms with Crippen molar-refractivity contribution in [1.82, 2.24) is 15.2 Å². The van der Waals surface area contributed by atoms with E-state index in [9.17, 15) is 8.78 Å². The minimum atomic E-state index is -0.418. The molecular formula is C20H25F2N5. The first-order chi connectivity index (χ1) is 13.2. The van der Waals surface area contributed by atoms with Crippen LogP contribution in [-0.4, -0.2) is 55.1 Å². The average Bonchev–Trinajstić information content (AvgIpc) is 2.70. The molecule has 7 heteroatoms. The zero-order valence-corrected chi connectivity index (χ0v) is 15.5. The van der Waals surface area contributed by atoms with Gasteiger partial charge in [-0.1, -0.05) is 6.07 Å². The van der Waals surface area contributed by atoms with Gasteiger partial charge in [0.25, 0.3) is 0 Å². The Hall–Kier alpha value is -2.70. The summed E-state index contributed by atoms with van der Waals surface area (Å²) in [4.78, 5) is 13.1. The summed E-state index contributed by atoms with van der Waals surface area (Å²) in [5.41, 5.74) is 1.34. The molecule has 1 N–H and O–H groups in total. The van der Waals surface area contributed by atoms with E-state index in [4.69, 9.17) is 4.99 Å². The predicted molar refractivity (Wildman–Crippen MR) is 104 cm³/mol. The highest BCUT2D eigenvalue weighted by atomic mass is 19.1. The number of aliphatic imine (C=N–C) groups is 1. The normalized spacial score (nSPS) is 15.1. The zero-order valence-electron chi connectivity index (χ0n) is 15.5. The van der Waals surface area contributed by atoms with Gasteiger partial charge in [-0.05, 0) is 31.2 Å². The van der Waals surface area contributed by atoms with Gasteiger partial charge in [-0.15, -0.1) is 0 Å². The number of hydrogen-bond acceptors (Lipinski definition) is 3. The molecular weight excluding hydrogens is 348 g/mol. The van der Waals surface area contributed by atoms with Crippen LogP contribution < -0.4 is 10.2 Å². The van der Waals surface area contributed by atoms with Crippen LogP contribution >= 0.6 is 0 Å². The molecule has 0 radical (unpaired) electrons. The summed E-state index contributed by atoms with van der Waals surface area (Å²) in [6.45, 7) is 6.10. The zero-order chi connectivity index (χ0) is 19.1. The van der Waals surface area contributed by atoms with Crippen LogP contribution in [0.1, 0.15) is 12.6 Å². The standard InChI is InChI=1S/C20H25F2N5/c1-2-23-20(25-10-8-17-5-3-4-9-24-17)27-13-11-26(12-14-27)19-15-16(21)6-7-18(19)22/h3-7,9,15H,2,8,10-14H2,1H3,(H,23,25). The molecule has 27 heavy (non-hydrogen) atoms. The molecule has 0 aliphatic carbocycles. The molecule has 5 nitrogen and oxygen atoms in total. The van der Waals surface area contributed by atoms with Crippen LogP contribution in [0.15, 0.2) is 47.6 Å². The van der Waals surface area contributed by atoms with Gasteiger partial charge < -0.3 is 15.1 Å². The van der Waals surface area contributed by atoms with Crippen LogP contribution in [0.3, 0.4) is 0 Å². The summed E-state index contributed by atoms with van der Waals surface area (Å²) < 4.78 is 27.4. The van der Waals surface area contributed by atoms with E-state index in [0.29, 0.717) is 38.4 Å². The van der Waals surface area contributed by atoms with Gasteiger partial charge in [-0.3, -0.25) is 9.98 Å². The third-order valence-electron chi connectivity index (χ3n) is 4.52. The Balaban J connectivity index is 1.59. The van der Waals surface area contributed by atoms with Crippen LogP contribution in [0.4, 0.5) is 14.5 Å². The fourth-order valence-electron chi connectivity index (χ4n) is 3.14. The van der Waals surface area contributed by atoms with Gasteiger partial charge in [-0.25, -0.2) is 8.78 Å². The largest absolute Gasteiger partial charge is 0.366 e. The lowest BCUT2D eigenvalue weighted by atomic mass is 10.2. The van der Waals surface area contributed by atoms with Crippen LogP contribution in [0.25, 0.3) is 0 Å². The molecule has 1 aromatic heterocycles. The van der Waals surface area contributed by atoms with Crippen molar-refractivity contribution in [1.29, 1.82) is 0 Å². The predicted octanol–water partition coefficient (Wildman–Crippen LogP) is 2.69. The number of anilines is 1. The van der Waals surface area contributed by atoms with E-state index in [1.807, 2.05) is 30.0 Å². The van der Waals surface area contributed by atoms with Gasteiger partial charge in [0.2, 0.25) is 0 Å². The molecule has 2 heterocycles. The number of nitrogens with zero attached hydrogens (tertiary/aromatic N) is 4. The van der Waals surface area contributed by atoms with Crippen molar-refractivity contribution in [3.05, 3.63) is 59.9 Å². The molecule has 0 amide bonds. The molecule has 1 aliphatic heterocycles. The number of guanidine groups is 1. The first-order valence-corrected chi connectivity index (χ1v) is 9.30. The summed E-state index contributed by atoms with van der Waals surface area (Å²) in [5.74, 6) is 0.0480. The lowest BCUT2D eigenvalue weighted by Crippen LogP contribution is -2.52. The van der Waals surface area contributed by atoms with Crippen molar-refractivity contribution in [3.8, 4) is 0 Å². The van der Waals surface area contributed by atoms with Gasteiger partial charge in [0.05, 0.1) is 5.69 Å². The van der Waals surface area contributed by atoms with E-state index < -0.39 is 5.82 Å². The highest BCUT2D eigenvalue weighted by Crippen LogP contribution is 2.21. The number of nitrogens with one attached hydrogen (secondary N) is 1. The number of rotatable bonds is 5. The fraction of sp³-hybridized carbons (Fsp3) is 0.400. The van der Waals surface area contributed by atoms with Crippen LogP contribution in [0, 0.1) is 11.6 Å². The maximum Gasteiger partial charge on any atom is 0.194 e. The highest BCUT2D eigenvalue weighted by Gasteiger charge is 2.22. The molecule has 0 unspecified atom stereocenters. The average molecular weight is 373 g/mol. The van der Waals surface area contributed by atoms with Crippen LogP contribution in [0.5, 0.6) is 0 Å². The molecule has 0 spiro atoms. The second-order valence-electron chi connectivity index (χ2n) is 6.38. The van der Waals surface area contributed by atoms with Crippen molar-refractivity contribution in [2.45, 2.75) is 13.3 Å². The number of aromatic nitrogens is 1. The van der Waals surface area contributed by atoms with Gasteiger partial charge in [0, 0.05) is 63.6 Å². The molecule has 3 rings (SSSR count). The lowest BCUT2D eigenvalue weighted by Gasteiger charge is -2.37. The Labute approximate surface area is 158 Å². The topological polar surface area (TPSA) is 43.8 Å². The van der Waals surface area contributed by atoms with Crippen LogP contribution in [-0.2, 0) is 6.42 Å². The quantitative estimate of drug-likeness (QED) is 0.647. The Bertz CT molecular complexity index is 758. The van der Waals surface area contributed by atoms with E-state index in [-0.39, 0.29) is 5.82 Å². The van der Waals surface area contributed by atoms with Gasteiger partial charge >= 0.3 is 0 Å². The first kappa shape index (κ1) is 19.1. The van der Waals surface area contributed by atoms with Crippen LogP contribution in [0.2, 0.25) is 0 Å². The summed E-state index contributed by atoms with van der Waals surface area (Å²) in [6.07, 6.45) is 2.57. The fourth-order valence-corrected chi connectivity index (χ4v) is 3.14. The number of hydrogen-bond donors (Lipinski definition) is 1. The van der Waals surface area contributed by atoms with E-state index in [2.05, 4.69) is 15.2 Å². The number of pyridine rings is 1. The molecule has 0 saturated carbocycles. The Kier molecular flexibility index (Phi) is 6.57. The Morgan fingerprint density at radius 1 is 1.15 bits per heavy atom. The maximum atomic E-state index is 14.0. The molecule has 144 valence electrons. The molecule has 1 aliphatic rings. The molecule has 1 saturated heterocycles. The van der Waals surface area contributed by atoms with E-state index in [1.54, 1.807) is 6.20 Å². The summed E-state index contributed by atoms with van der Waals surface area (Å²) in [6, 6.07) is 9.46. The summed E-state index contributed by atoms with van der Waals surface area (Å²) >= 11 is 0. The second kappa shape index (κ2) is 9.30. The smallest absolute Gasteiger partial charge is 0.194 e. The molecule has 2 aromatic rings. The van der Waals surface area contributed by atoms with E-state index in [1.165, 1.54) is 12.1 Å². The molecule has 0 atom stereocenters. The minimum Gasteiger partial charge on any atom is -0.366 e. The number of piperazine rings is 1. The van der Waals surface area contributed by atoms with Crippen molar-refractivity contribution in [3.63, 3.8) is 0 Å². The number of halogens is 2. The SMILES string of the molecule is CCNC(=NCCc1ccccn1)N1CCN(c2cc(F)ccc2F)CC1. The van der Waals surface area contributed by atoms with Gasteiger partial charge in [0.15, 0.2) is 5.96 Å². The molecule has 1 aromatic carbocycles. The minimum absolute atomic E-state index is 0.326. The van der Waals surface area contributed by atoms with Gasteiger partial charge in [0.1, 0.15) is 11.6 Å². The van der Waals surface area contributed by atoms with Gasteiger partial charge in [-0.2, -0.15) is 0 Å². The molecule has 1 fully saturated rings. The molecule has 0 bridgehead atoms. The summed E-state index contributed by atoms with van der Waals surface area (Å²) in [5, 5.41) is 3.32. The third-order valence-corrected chi connectivity index (χ3v) is 4.52. The van der Waals surface area contributed by atoms with Crippen molar-refractivity contribution >= 4 is 11.6 Å². The van der Waals surface area contributed by atoms with Crippen molar-refractivity contribution in [2.24, 2.45) is 4.99 Å². The monoisotopic (exact) mass is 373 g/mol. The Morgan fingerprint density at radius 3 is 2.67 bits per heavy atom. The second-order valence-corrected chi connectivity index (χ2v) is 6.38. The van der Waals surface area contributed by atoms with Crippen molar-refractivity contribution in [2.75, 3.05) is 44.2 Å². The highest BCUT2D eigenvalue weighted by molar-refractivity contribution is 5.80. The lowest BCUT2D eigenvalue weighted by molar-refractivity contribution is 0.370. The Morgan fingerprint density at radius 2 is 1.96 bits per heavy atom. The van der Waals surface area contributed by atoms with Crippen molar-refractivity contribution < 1.29 is 8.78 Å². The summed E-state index contributed by atoms with van der Waals surface area (Å²) in [7, 11) is 0. The third kappa shape index (κ3) is 5.15. The number of benzene rings is 1. The van der Waals surface area contributed by atoms with E-state index >= 15 is 0 Å². The van der Waals surface area contributed by atoms with E-state index in [0.717, 1.165) is 30.7 Å². The maximum absolute atomic E-state index is 14.0.